The van der Waals surface area contributed by atoms with Crippen LogP contribution in [0.4, 0.5) is 5.95 Å². The van der Waals surface area contributed by atoms with Gasteiger partial charge in [-0.05, 0) is 37.3 Å². The second-order valence-electron chi connectivity index (χ2n) is 7.50. The summed E-state index contributed by atoms with van der Waals surface area (Å²) in [4.78, 5) is 24.7. The highest BCUT2D eigenvalue weighted by atomic mass is 35.5. The fraction of sp³-hybridized carbons (Fsp3) is 0.0769. The number of rotatable bonds is 6. The highest BCUT2D eigenvalue weighted by Crippen LogP contribution is 2.29. The van der Waals surface area contributed by atoms with Gasteiger partial charge >= 0.3 is 0 Å². The molecule has 0 atom stereocenters. The van der Waals surface area contributed by atoms with Gasteiger partial charge in [-0.25, -0.2) is 15.4 Å². The number of benzene rings is 3. The van der Waals surface area contributed by atoms with Crippen molar-refractivity contribution in [2.45, 2.75) is 6.92 Å². The summed E-state index contributed by atoms with van der Waals surface area (Å²) in [6.07, 6.45) is 1.44. The van der Waals surface area contributed by atoms with Gasteiger partial charge in [0.2, 0.25) is 5.95 Å². The number of hydrogen-bond acceptors (Lipinski definition) is 6. The third-order valence-corrected chi connectivity index (χ3v) is 5.48. The van der Waals surface area contributed by atoms with Crippen LogP contribution in [0.1, 0.15) is 12.5 Å². The van der Waals surface area contributed by atoms with Gasteiger partial charge in [-0.3, -0.25) is 4.79 Å². The molecule has 0 fully saturated rings. The topological polar surface area (TPSA) is 92.3 Å². The number of pyridine rings is 1. The zero-order valence-electron chi connectivity index (χ0n) is 18.2. The number of ether oxygens (including phenoxy) is 1. The molecule has 34 heavy (non-hydrogen) atoms. The molecular formula is C26H20ClN5O2. The Bertz CT molecular complexity index is 1580. The van der Waals surface area contributed by atoms with Gasteiger partial charge in [0, 0.05) is 21.4 Å². The first-order chi connectivity index (χ1) is 16.6. The fourth-order valence-corrected chi connectivity index (χ4v) is 3.89. The maximum absolute atomic E-state index is 12.6. The van der Waals surface area contributed by atoms with E-state index >= 15 is 0 Å². The molecule has 5 aromatic rings. The van der Waals surface area contributed by atoms with Crippen molar-refractivity contribution in [3.8, 4) is 17.0 Å². The van der Waals surface area contributed by atoms with E-state index in [2.05, 4.69) is 25.5 Å². The van der Waals surface area contributed by atoms with Crippen molar-refractivity contribution in [2.75, 3.05) is 12.0 Å². The summed E-state index contributed by atoms with van der Waals surface area (Å²) in [6, 6.07) is 22.7. The lowest BCUT2D eigenvalue weighted by Crippen LogP contribution is -2.13. The average molecular weight is 470 g/mol. The Morgan fingerprint density at radius 3 is 2.74 bits per heavy atom. The van der Waals surface area contributed by atoms with E-state index in [-0.39, 0.29) is 5.56 Å². The van der Waals surface area contributed by atoms with Crippen LogP contribution in [0.25, 0.3) is 33.1 Å². The second kappa shape index (κ2) is 9.33. The van der Waals surface area contributed by atoms with Gasteiger partial charge < -0.3 is 9.72 Å². The molecule has 0 aliphatic rings. The highest BCUT2D eigenvalue weighted by molar-refractivity contribution is 6.31. The van der Waals surface area contributed by atoms with Crippen LogP contribution in [-0.4, -0.2) is 27.8 Å². The maximum Gasteiger partial charge on any atom is 0.257 e. The predicted molar refractivity (Wildman–Crippen MR) is 137 cm³/mol. The summed E-state index contributed by atoms with van der Waals surface area (Å²) < 4.78 is 5.60. The normalized spacial score (nSPS) is 11.4. The van der Waals surface area contributed by atoms with Crippen molar-refractivity contribution in [1.82, 2.24) is 15.0 Å². The first kappa shape index (κ1) is 21.6. The Hall–Kier alpha value is -4.23. The van der Waals surface area contributed by atoms with Crippen LogP contribution in [0.3, 0.4) is 0 Å². The first-order valence-electron chi connectivity index (χ1n) is 10.7. The smallest absolute Gasteiger partial charge is 0.257 e. The molecular weight excluding hydrogens is 450 g/mol. The molecule has 8 heteroatoms. The van der Waals surface area contributed by atoms with E-state index in [1.54, 1.807) is 12.1 Å². The SMILES string of the molecule is CCOc1cccc2cc(C=NNc3nc(-c4ccccc4)c4ccc(Cl)cc4n3)c(=O)[nH]c12. The van der Waals surface area contributed by atoms with Gasteiger partial charge in [-0.1, -0.05) is 54.1 Å². The van der Waals surface area contributed by atoms with Crippen molar-refractivity contribution in [1.29, 1.82) is 0 Å². The van der Waals surface area contributed by atoms with E-state index in [4.69, 9.17) is 16.3 Å². The number of hydrogen-bond donors (Lipinski definition) is 2. The number of halogens is 1. The number of para-hydroxylation sites is 1. The number of aromatic nitrogens is 3. The Balaban J connectivity index is 1.49. The number of nitrogens with zero attached hydrogens (tertiary/aromatic N) is 3. The van der Waals surface area contributed by atoms with E-state index in [9.17, 15) is 4.79 Å². The second-order valence-corrected chi connectivity index (χ2v) is 7.94. The molecule has 0 saturated heterocycles. The van der Waals surface area contributed by atoms with Crippen LogP contribution in [0.2, 0.25) is 5.02 Å². The van der Waals surface area contributed by atoms with Crippen molar-refractivity contribution >= 4 is 45.6 Å². The molecule has 2 aromatic heterocycles. The monoisotopic (exact) mass is 469 g/mol. The number of nitrogens with one attached hydrogen (secondary N) is 2. The van der Waals surface area contributed by atoms with Crippen LogP contribution in [0.5, 0.6) is 5.75 Å². The minimum absolute atomic E-state index is 0.276. The molecule has 5 rings (SSSR count). The molecule has 0 amide bonds. The molecule has 2 heterocycles. The molecule has 0 saturated carbocycles. The van der Waals surface area contributed by atoms with Gasteiger partial charge in [-0.15, -0.1) is 0 Å². The molecule has 2 N–H and O–H groups in total. The lowest BCUT2D eigenvalue weighted by molar-refractivity contribution is 0.343. The lowest BCUT2D eigenvalue weighted by atomic mass is 10.1. The Morgan fingerprint density at radius 2 is 1.91 bits per heavy atom. The predicted octanol–water partition coefficient (Wildman–Crippen LogP) is 5.64. The molecule has 0 aliphatic heterocycles. The number of hydrazone groups is 1. The van der Waals surface area contributed by atoms with Crippen molar-refractivity contribution in [3.63, 3.8) is 0 Å². The summed E-state index contributed by atoms with van der Waals surface area (Å²) in [7, 11) is 0. The number of fused-ring (bicyclic) bond motifs is 2. The average Bonchev–Trinajstić information content (AvgIpc) is 2.85. The molecule has 0 unspecified atom stereocenters. The maximum atomic E-state index is 12.6. The lowest BCUT2D eigenvalue weighted by Gasteiger charge is -2.09. The van der Waals surface area contributed by atoms with E-state index in [1.165, 1.54) is 6.21 Å². The van der Waals surface area contributed by atoms with Crippen molar-refractivity contribution < 1.29 is 4.74 Å². The van der Waals surface area contributed by atoms with Crippen molar-refractivity contribution in [3.05, 3.63) is 93.7 Å². The highest BCUT2D eigenvalue weighted by Gasteiger charge is 2.10. The summed E-state index contributed by atoms with van der Waals surface area (Å²) in [5.74, 6) is 0.927. The zero-order valence-corrected chi connectivity index (χ0v) is 19.0. The Labute approximate surface area is 200 Å². The molecule has 0 spiro atoms. The fourth-order valence-electron chi connectivity index (χ4n) is 3.72. The number of H-pyrrole nitrogens is 1. The first-order valence-corrected chi connectivity index (χ1v) is 11.1. The van der Waals surface area contributed by atoms with Gasteiger partial charge in [0.25, 0.3) is 5.56 Å². The third-order valence-electron chi connectivity index (χ3n) is 5.24. The minimum atomic E-state index is -0.276. The number of aromatic amines is 1. The summed E-state index contributed by atoms with van der Waals surface area (Å²) in [5.41, 5.74) is 6.00. The van der Waals surface area contributed by atoms with Crippen LogP contribution >= 0.6 is 11.6 Å². The minimum Gasteiger partial charge on any atom is -0.492 e. The van der Waals surface area contributed by atoms with Gasteiger partial charge in [0.05, 0.1) is 35.1 Å². The van der Waals surface area contributed by atoms with Gasteiger partial charge in [0.1, 0.15) is 5.75 Å². The van der Waals surface area contributed by atoms with Crippen LogP contribution < -0.4 is 15.7 Å². The Morgan fingerprint density at radius 1 is 1.06 bits per heavy atom. The quantitative estimate of drug-likeness (QED) is 0.248. The molecule has 168 valence electrons. The van der Waals surface area contributed by atoms with Gasteiger partial charge in [-0.2, -0.15) is 5.10 Å². The standard InChI is InChI=1S/C26H20ClN5O2/c1-2-34-22-10-6-9-17-13-18(25(33)30-24(17)22)15-28-32-26-29-21-14-19(27)11-12-20(21)23(31-26)16-7-4-3-5-8-16/h3-15H,2H2,1H3,(H,30,33)(H,29,31,32). The largest absolute Gasteiger partial charge is 0.492 e. The zero-order chi connectivity index (χ0) is 23.5. The number of anilines is 1. The Kier molecular flexibility index (Phi) is 5.93. The van der Waals surface area contributed by atoms with E-state index in [0.717, 1.165) is 22.0 Å². The molecule has 0 aliphatic carbocycles. The van der Waals surface area contributed by atoms with E-state index in [1.807, 2.05) is 67.6 Å². The summed E-state index contributed by atoms with van der Waals surface area (Å²) >= 11 is 6.19. The molecule has 7 nitrogen and oxygen atoms in total. The third kappa shape index (κ3) is 4.33. The van der Waals surface area contributed by atoms with Gasteiger partial charge in [0.15, 0.2) is 0 Å². The molecule has 3 aromatic carbocycles. The summed E-state index contributed by atoms with van der Waals surface area (Å²) in [5, 5.41) is 6.51. The molecule has 0 radical (unpaired) electrons. The van der Waals surface area contributed by atoms with Crippen LogP contribution in [-0.2, 0) is 0 Å². The van der Waals surface area contributed by atoms with E-state index < -0.39 is 0 Å². The van der Waals surface area contributed by atoms with Crippen molar-refractivity contribution in [2.24, 2.45) is 5.10 Å². The molecule has 0 bridgehead atoms. The summed E-state index contributed by atoms with van der Waals surface area (Å²) in [6.45, 7) is 2.41. The van der Waals surface area contributed by atoms with Crippen LogP contribution in [0, 0.1) is 0 Å². The van der Waals surface area contributed by atoms with E-state index in [0.29, 0.717) is 39.9 Å². The van der Waals surface area contributed by atoms with Crippen LogP contribution in [0.15, 0.2) is 82.7 Å².